The van der Waals surface area contributed by atoms with Gasteiger partial charge in [-0.1, -0.05) is 13.0 Å². The minimum Gasteiger partial charge on any atom is -0.496 e. The fraction of sp³-hybridized carbons (Fsp3) is 0.625. The highest BCUT2D eigenvalue weighted by Crippen LogP contribution is 2.28. The van der Waals surface area contributed by atoms with Gasteiger partial charge in [-0.25, -0.2) is 4.39 Å². The van der Waals surface area contributed by atoms with E-state index in [2.05, 4.69) is 11.8 Å². The molecule has 0 amide bonds. The van der Waals surface area contributed by atoms with Crippen molar-refractivity contribution in [2.75, 3.05) is 26.7 Å². The van der Waals surface area contributed by atoms with Crippen LogP contribution < -0.4 is 10.5 Å². The van der Waals surface area contributed by atoms with Crippen LogP contribution in [0, 0.1) is 11.7 Å². The Hall–Kier alpha value is -1.17. The van der Waals surface area contributed by atoms with Gasteiger partial charge in [-0.2, -0.15) is 0 Å². The van der Waals surface area contributed by atoms with Crippen molar-refractivity contribution < 1.29 is 14.2 Å². The number of aliphatic hydroxyl groups excluding tert-OH is 1. The summed E-state index contributed by atoms with van der Waals surface area (Å²) in [6.45, 7) is 4.58. The number of likely N-dealkylation sites (tertiary alicyclic amines) is 1. The summed E-state index contributed by atoms with van der Waals surface area (Å²) in [5.74, 6) is 0.465. The summed E-state index contributed by atoms with van der Waals surface area (Å²) >= 11 is 0. The monoisotopic (exact) mass is 296 g/mol. The lowest BCUT2D eigenvalue weighted by molar-refractivity contribution is 0.0340. The molecule has 0 saturated carbocycles. The highest BCUT2D eigenvalue weighted by Gasteiger charge is 2.25. The summed E-state index contributed by atoms with van der Waals surface area (Å²) in [6, 6.07) is 4.38. The van der Waals surface area contributed by atoms with Crippen LogP contribution in [0.25, 0.3) is 0 Å². The van der Waals surface area contributed by atoms with Crippen molar-refractivity contribution in [3.05, 3.63) is 29.6 Å². The van der Waals surface area contributed by atoms with Gasteiger partial charge in [0.15, 0.2) is 0 Å². The number of benzene rings is 1. The van der Waals surface area contributed by atoms with E-state index in [4.69, 9.17) is 10.5 Å². The maximum absolute atomic E-state index is 14.0. The second kappa shape index (κ2) is 7.20. The van der Waals surface area contributed by atoms with Crippen LogP contribution in [-0.4, -0.2) is 42.9 Å². The van der Waals surface area contributed by atoms with Crippen molar-refractivity contribution in [2.45, 2.75) is 31.9 Å². The molecule has 1 heterocycles. The molecule has 1 aliphatic heterocycles. The van der Waals surface area contributed by atoms with Crippen LogP contribution in [0.3, 0.4) is 0 Å². The predicted molar refractivity (Wildman–Crippen MR) is 80.7 cm³/mol. The fourth-order valence-corrected chi connectivity index (χ4v) is 2.94. The van der Waals surface area contributed by atoms with Gasteiger partial charge in [0.2, 0.25) is 0 Å². The molecule has 1 saturated heterocycles. The molecule has 4 nitrogen and oxygen atoms in total. The third-order valence-electron chi connectivity index (χ3n) is 4.30. The average Bonchev–Trinajstić information content (AvgIpc) is 2.47. The van der Waals surface area contributed by atoms with Gasteiger partial charge in [0.1, 0.15) is 11.6 Å². The van der Waals surface area contributed by atoms with Gasteiger partial charge in [-0.3, -0.25) is 0 Å². The predicted octanol–water partition coefficient (Wildman–Crippen LogP) is 1.93. The smallest absolute Gasteiger partial charge is 0.131 e. The molecule has 1 aromatic rings. The molecule has 1 aromatic carbocycles. The van der Waals surface area contributed by atoms with Crippen molar-refractivity contribution in [1.29, 1.82) is 0 Å². The lowest BCUT2D eigenvalue weighted by atomic mass is 9.96. The number of ether oxygens (including phenoxy) is 1. The quantitative estimate of drug-likeness (QED) is 0.871. The molecule has 21 heavy (non-hydrogen) atoms. The van der Waals surface area contributed by atoms with E-state index in [9.17, 15) is 9.50 Å². The molecule has 0 radical (unpaired) electrons. The maximum atomic E-state index is 14.0. The van der Waals surface area contributed by atoms with E-state index in [1.165, 1.54) is 13.2 Å². The molecule has 0 aliphatic carbocycles. The van der Waals surface area contributed by atoms with E-state index in [1.54, 1.807) is 12.1 Å². The summed E-state index contributed by atoms with van der Waals surface area (Å²) in [5, 5.41) is 9.74. The molecule has 0 aromatic heterocycles. The molecular formula is C16H25FN2O2. The Bertz CT molecular complexity index is 470. The lowest BCUT2D eigenvalue weighted by Gasteiger charge is -2.34. The molecule has 3 N–H and O–H groups in total. The number of hydrogen-bond donors (Lipinski definition) is 2. The molecule has 1 fully saturated rings. The van der Waals surface area contributed by atoms with Crippen molar-refractivity contribution in [1.82, 2.24) is 4.90 Å². The lowest BCUT2D eigenvalue weighted by Crippen LogP contribution is -2.42. The van der Waals surface area contributed by atoms with Crippen LogP contribution in [0.1, 0.15) is 31.4 Å². The van der Waals surface area contributed by atoms with Gasteiger partial charge in [0, 0.05) is 24.7 Å². The zero-order valence-electron chi connectivity index (χ0n) is 12.8. The topological polar surface area (TPSA) is 58.7 Å². The summed E-state index contributed by atoms with van der Waals surface area (Å²) in [7, 11) is 1.53. The van der Waals surface area contributed by atoms with Gasteiger partial charge in [0.05, 0.1) is 13.2 Å². The van der Waals surface area contributed by atoms with Crippen LogP contribution in [0.5, 0.6) is 5.75 Å². The molecule has 0 bridgehead atoms. The number of nitrogens with two attached hydrogens (primary N) is 1. The van der Waals surface area contributed by atoms with Crippen LogP contribution >= 0.6 is 0 Å². The van der Waals surface area contributed by atoms with E-state index in [1.807, 2.05) is 0 Å². The molecule has 1 aliphatic rings. The highest BCUT2D eigenvalue weighted by atomic mass is 19.1. The van der Waals surface area contributed by atoms with Gasteiger partial charge < -0.3 is 20.5 Å². The first-order valence-electron chi connectivity index (χ1n) is 7.51. The molecule has 118 valence electrons. The van der Waals surface area contributed by atoms with Crippen molar-refractivity contribution in [3.8, 4) is 5.75 Å². The summed E-state index contributed by atoms with van der Waals surface area (Å²) in [5.41, 5.74) is 6.60. The Labute approximate surface area is 125 Å². The second-order valence-corrected chi connectivity index (χ2v) is 5.88. The molecule has 3 atom stereocenters. The van der Waals surface area contributed by atoms with Crippen molar-refractivity contribution in [2.24, 2.45) is 11.7 Å². The minimum absolute atomic E-state index is 0.207. The van der Waals surface area contributed by atoms with E-state index in [0.717, 1.165) is 26.1 Å². The standard InChI is InChI=1S/C16H25FN2O2/c1-11-10-19(9-7-14(11)20)8-6-13(18)16-12(17)4-3-5-15(16)21-2/h3-5,11,13-14,20H,6-10,18H2,1-2H3. The fourth-order valence-electron chi connectivity index (χ4n) is 2.94. The van der Waals surface area contributed by atoms with Crippen molar-refractivity contribution in [3.63, 3.8) is 0 Å². The summed E-state index contributed by atoms with van der Waals surface area (Å²) in [6.07, 6.45) is 1.25. The number of halogens is 1. The summed E-state index contributed by atoms with van der Waals surface area (Å²) < 4.78 is 19.2. The second-order valence-electron chi connectivity index (χ2n) is 5.88. The number of nitrogens with zero attached hydrogens (tertiary/aromatic N) is 1. The largest absolute Gasteiger partial charge is 0.496 e. The highest BCUT2D eigenvalue weighted by molar-refractivity contribution is 5.37. The third-order valence-corrected chi connectivity index (χ3v) is 4.30. The normalized spacial score (nSPS) is 24.8. The van der Waals surface area contributed by atoms with E-state index >= 15 is 0 Å². The molecule has 3 unspecified atom stereocenters. The van der Waals surface area contributed by atoms with Crippen LogP contribution in [0.15, 0.2) is 18.2 Å². The summed E-state index contributed by atoms with van der Waals surface area (Å²) in [4.78, 5) is 2.28. The number of rotatable bonds is 5. The Morgan fingerprint density at radius 1 is 1.52 bits per heavy atom. The van der Waals surface area contributed by atoms with Crippen LogP contribution in [-0.2, 0) is 0 Å². The third kappa shape index (κ3) is 3.93. The Morgan fingerprint density at radius 3 is 2.95 bits per heavy atom. The zero-order valence-corrected chi connectivity index (χ0v) is 12.8. The molecular weight excluding hydrogens is 271 g/mol. The minimum atomic E-state index is -0.386. The number of piperidine rings is 1. The van der Waals surface area contributed by atoms with Gasteiger partial charge in [-0.05, 0) is 37.4 Å². The first-order chi connectivity index (χ1) is 10.0. The number of hydrogen-bond acceptors (Lipinski definition) is 4. The first kappa shape index (κ1) is 16.2. The van der Waals surface area contributed by atoms with Crippen LogP contribution in [0.2, 0.25) is 0 Å². The zero-order chi connectivity index (χ0) is 15.4. The Balaban J connectivity index is 1.95. The average molecular weight is 296 g/mol. The van der Waals surface area contributed by atoms with E-state index < -0.39 is 0 Å². The number of aliphatic hydroxyl groups is 1. The molecule has 2 rings (SSSR count). The molecule has 5 heteroatoms. The van der Waals surface area contributed by atoms with Gasteiger partial charge in [-0.15, -0.1) is 0 Å². The van der Waals surface area contributed by atoms with Crippen molar-refractivity contribution >= 4 is 0 Å². The van der Waals surface area contributed by atoms with Gasteiger partial charge >= 0.3 is 0 Å². The molecule has 0 spiro atoms. The van der Waals surface area contributed by atoms with E-state index in [-0.39, 0.29) is 23.9 Å². The Morgan fingerprint density at radius 2 is 2.29 bits per heavy atom. The Kier molecular flexibility index (Phi) is 5.56. The maximum Gasteiger partial charge on any atom is 0.131 e. The van der Waals surface area contributed by atoms with Gasteiger partial charge in [0.25, 0.3) is 0 Å². The number of methoxy groups -OCH3 is 1. The van der Waals surface area contributed by atoms with Crippen LogP contribution in [0.4, 0.5) is 4.39 Å². The van der Waals surface area contributed by atoms with E-state index in [0.29, 0.717) is 17.7 Å². The SMILES string of the molecule is COc1cccc(F)c1C(N)CCN1CCC(O)C(C)C1. The first-order valence-corrected chi connectivity index (χ1v) is 7.51.